The minimum absolute atomic E-state index is 0.171. The Bertz CT molecular complexity index is 135. The highest BCUT2D eigenvalue weighted by Crippen LogP contribution is 1.98. The molecule has 0 bridgehead atoms. The van der Waals surface area contributed by atoms with Gasteiger partial charge < -0.3 is 4.74 Å². The number of carbonyl (C=O) groups is 2. The van der Waals surface area contributed by atoms with Gasteiger partial charge in [-0.15, -0.1) is 11.8 Å². The molecule has 0 aromatic heterocycles. The molecule has 0 radical (unpaired) electrons. The Morgan fingerprint density at radius 2 is 2.18 bits per heavy atom. The molecule has 11 heavy (non-hydrogen) atoms. The van der Waals surface area contributed by atoms with Gasteiger partial charge in [-0.25, -0.2) is 5.84 Å². The average Bonchev–Trinajstić information content (AvgIpc) is 2.04. The average molecular weight is 178 g/mol. The van der Waals surface area contributed by atoms with Crippen molar-refractivity contribution >= 4 is 23.6 Å². The first-order chi connectivity index (χ1) is 5.20. The maximum Gasteiger partial charge on any atom is 0.315 e. The second kappa shape index (κ2) is 5.99. The summed E-state index contributed by atoms with van der Waals surface area (Å²) < 4.78 is 4.34. The van der Waals surface area contributed by atoms with Gasteiger partial charge in [0.25, 0.3) is 0 Å². The summed E-state index contributed by atoms with van der Waals surface area (Å²) in [6.07, 6.45) is 0. The largest absolute Gasteiger partial charge is 0.468 e. The van der Waals surface area contributed by atoms with Crippen LogP contribution >= 0.6 is 11.8 Å². The van der Waals surface area contributed by atoms with E-state index in [1.165, 1.54) is 7.11 Å². The molecule has 0 saturated carbocycles. The van der Waals surface area contributed by atoms with Crippen LogP contribution in [0.2, 0.25) is 0 Å². The van der Waals surface area contributed by atoms with E-state index < -0.39 is 0 Å². The summed E-state index contributed by atoms with van der Waals surface area (Å²) in [6, 6.07) is 0. The molecule has 0 heterocycles. The van der Waals surface area contributed by atoms with E-state index in [1.54, 1.807) is 0 Å². The van der Waals surface area contributed by atoms with E-state index in [4.69, 9.17) is 5.84 Å². The van der Waals surface area contributed by atoms with Gasteiger partial charge in [0, 0.05) is 0 Å². The highest BCUT2D eigenvalue weighted by Gasteiger charge is 2.02. The summed E-state index contributed by atoms with van der Waals surface area (Å²) in [7, 11) is 1.30. The van der Waals surface area contributed by atoms with Crippen LogP contribution in [0.15, 0.2) is 0 Å². The molecular weight excluding hydrogens is 168 g/mol. The van der Waals surface area contributed by atoms with Crippen LogP contribution in [0.3, 0.4) is 0 Å². The Morgan fingerprint density at radius 3 is 2.64 bits per heavy atom. The van der Waals surface area contributed by atoms with Gasteiger partial charge in [0.05, 0.1) is 18.6 Å². The van der Waals surface area contributed by atoms with Gasteiger partial charge in [-0.3, -0.25) is 15.0 Å². The van der Waals surface area contributed by atoms with Gasteiger partial charge in [0.15, 0.2) is 0 Å². The third-order valence-electron chi connectivity index (χ3n) is 0.842. The van der Waals surface area contributed by atoms with Gasteiger partial charge in [-0.05, 0) is 0 Å². The van der Waals surface area contributed by atoms with Gasteiger partial charge in [0.2, 0.25) is 5.91 Å². The molecule has 5 nitrogen and oxygen atoms in total. The van der Waals surface area contributed by atoms with E-state index in [9.17, 15) is 9.59 Å². The zero-order valence-corrected chi connectivity index (χ0v) is 6.94. The van der Waals surface area contributed by atoms with Crippen molar-refractivity contribution in [2.45, 2.75) is 0 Å². The van der Waals surface area contributed by atoms with Gasteiger partial charge >= 0.3 is 5.97 Å². The maximum absolute atomic E-state index is 10.5. The number of esters is 1. The zero-order valence-electron chi connectivity index (χ0n) is 6.12. The highest BCUT2D eigenvalue weighted by atomic mass is 32.2. The number of hydrazine groups is 1. The fourth-order valence-electron chi connectivity index (χ4n) is 0.328. The van der Waals surface area contributed by atoms with Crippen molar-refractivity contribution in [2.75, 3.05) is 18.6 Å². The smallest absolute Gasteiger partial charge is 0.315 e. The van der Waals surface area contributed by atoms with E-state index in [0.29, 0.717) is 0 Å². The Labute approximate surface area is 68.6 Å². The number of hydrogen-bond donors (Lipinski definition) is 2. The van der Waals surface area contributed by atoms with Crippen molar-refractivity contribution in [1.82, 2.24) is 5.43 Å². The lowest BCUT2D eigenvalue weighted by Gasteiger charge is -1.98. The van der Waals surface area contributed by atoms with Crippen LogP contribution < -0.4 is 11.3 Å². The Kier molecular flexibility index (Phi) is 5.58. The molecule has 0 atom stereocenters. The second-order valence-electron chi connectivity index (χ2n) is 1.64. The third kappa shape index (κ3) is 5.68. The number of ether oxygens (including phenoxy) is 1. The number of thioether (sulfide) groups is 1. The lowest BCUT2D eigenvalue weighted by atomic mass is 10.7. The molecule has 3 N–H and O–H groups in total. The predicted octanol–water partition coefficient (Wildman–Crippen LogP) is -1.12. The molecule has 0 aliphatic rings. The van der Waals surface area contributed by atoms with Crippen molar-refractivity contribution in [3.05, 3.63) is 0 Å². The topological polar surface area (TPSA) is 81.4 Å². The monoisotopic (exact) mass is 178 g/mol. The van der Waals surface area contributed by atoms with E-state index in [0.717, 1.165) is 11.8 Å². The molecule has 1 amide bonds. The standard InChI is InChI=1S/C5H10N2O3S/c1-10-5(9)3-11-2-4(8)7-6/h2-3,6H2,1H3,(H,7,8). The van der Waals surface area contributed by atoms with Crippen LogP contribution in [0.1, 0.15) is 0 Å². The molecule has 0 aromatic carbocycles. The van der Waals surface area contributed by atoms with Crippen LogP contribution in [0.25, 0.3) is 0 Å². The quantitative estimate of drug-likeness (QED) is 0.247. The minimum Gasteiger partial charge on any atom is -0.468 e. The molecule has 0 aliphatic heterocycles. The lowest BCUT2D eigenvalue weighted by molar-refractivity contribution is -0.137. The Balaban J connectivity index is 3.27. The van der Waals surface area contributed by atoms with Gasteiger partial charge in [0.1, 0.15) is 0 Å². The first kappa shape index (κ1) is 10.2. The number of nitrogens with one attached hydrogen (secondary N) is 1. The number of rotatable bonds is 4. The number of nitrogens with two attached hydrogens (primary N) is 1. The molecule has 0 aromatic rings. The summed E-state index contributed by atoms with van der Waals surface area (Å²) in [4.78, 5) is 20.9. The molecule has 6 heteroatoms. The molecule has 0 saturated heterocycles. The zero-order chi connectivity index (χ0) is 8.69. The number of carbonyl (C=O) groups excluding carboxylic acids is 2. The summed E-state index contributed by atoms with van der Waals surface area (Å²) in [5.41, 5.74) is 1.94. The van der Waals surface area contributed by atoms with Crippen molar-refractivity contribution in [3.63, 3.8) is 0 Å². The first-order valence-electron chi connectivity index (χ1n) is 2.84. The van der Waals surface area contributed by atoms with E-state index in [-0.39, 0.29) is 23.4 Å². The number of methoxy groups -OCH3 is 1. The van der Waals surface area contributed by atoms with Crippen molar-refractivity contribution in [3.8, 4) is 0 Å². The second-order valence-corrected chi connectivity index (χ2v) is 2.62. The van der Waals surface area contributed by atoms with E-state index in [2.05, 4.69) is 4.74 Å². The molecule has 64 valence electrons. The van der Waals surface area contributed by atoms with E-state index in [1.807, 2.05) is 5.43 Å². The fourth-order valence-corrected chi connectivity index (χ4v) is 0.983. The maximum atomic E-state index is 10.5. The third-order valence-corrected chi connectivity index (χ3v) is 1.75. The molecule has 0 fully saturated rings. The van der Waals surface area contributed by atoms with Crippen LogP contribution in [-0.4, -0.2) is 30.5 Å². The fraction of sp³-hybridized carbons (Fsp3) is 0.600. The molecular formula is C5H10N2O3S. The number of hydrogen-bond acceptors (Lipinski definition) is 5. The van der Waals surface area contributed by atoms with Crippen LogP contribution in [-0.2, 0) is 14.3 Å². The molecule has 0 aliphatic carbocycles. The molecule has 0 spiro atoms. The van der Waals surface area contributed by atoms with Crippen LogP contribution in [0.4, 0.5) is 0 Å². The summed E-state index contributed by atoms with van der Waals surface area (Å²) >= 11 is 1.15. The molecule has 0 unspecified atom stereocenters. The predicted molar refractivity (Wildman–Crippen MR) is 41.7 cm³/mol. The van der Waals surface area contributed by atoms with Gasteiger partial charge in [-0.2, -0.15) is 0 Å². The SMILES string of the molecule is COC(=O)CSCC(=O)NN. The van der Waals surface area contributed by atoms with Gasteiger partial charge in [-0.1, -0.05) is 0 Å². The Morgan fingerprint density at radius 1 is 1.55 bits per heavy atom. The van der Waals surface area contributed by atoms with Crippen molar-refractivity contribution < 1.29 is 14.3 Å². The van der Waals surface area contributed by atoms with Crippen molar-refractivity contribution in [2.24, 2.45) is 5.84 Å². The van der Waals surface area contributed by atoms with Crippen LogP contribution in [0.5, 0.6) is 0 Å². The Hall–Kier alpha value is -0.750. The minimum atomic E-state index is -0.347. The lowest BCUT2D eigenvalue weighted by Crippen LogP contribution is -2.31. The number of amides is 1. The summed E-state index contributed by atoms with van der Waals surface area (Å²) in [5.74, 6) is 4.48. The normalized spacial score (nSPS) is 8.91. The highest BCUT2D eigenvalue weighted by molar-refractivity contribution is 8.00. The summed E-state index contributed by atoms with van der Waals surface area (Å²) in [6.45, 7) is 0. The summed E-state index contributed by atoms with van der Waals surface area (Å²) in [5, 5.41) is 0. The van der Waals surface area contributed by atoms with Crippen molar-refractivity contribution in [1.29, 1.82) is 0 Å². The molecule has 0 rings (SSSR count). The first-order valence-corrected chi connectivity index (χ1v) is 4.00. The van der Waals surface area contributed by atoms with Crippen LogP contribution in [0, 0.1) is 0 Å². The van der Waals surface area contributed by atoms with E-state index >= 15 is 0 Å².